The summed E-state index contributed by atoms with van der Waals surface area (Å²) in [6.45, 7) is 5.91. The first kappa shape index (κ1) is 14.8. The lowest BCUT2D eigenvalue weighted by Crippen LogP contribution is -2.47. The Morgan fingerprint density at radius 2 is 1.95 bits per heavy atom. The van der Waals surface area contributed by atoms with Crippen LogP contribution in [0.4, 0.5) is 0 Å². The maximum atomic E-state index is 11.4. The van der Waals surface area contributed by atoms with E-state index in [-0.39, 0.29) is 11.3 Å². The SMILES string of the molecule is C=C(C)C(=O)OC1=CC(C(=O)O)C(O)(C(C)=O)C=C1. The van der Waals surface area contributed by atoms with Crippen molar-refractivity contribution < 1.29 is 29.3 Å². The van der Waals surface area contributed by atoms with Gasteiger partial charge in [-0.15, -0.1) is 0 Å². The topological polar surface area (TPSA) is 101 Å². The van der Waals surface area contributed by atoms with Crippen LogP contribution < -0.4 is 0 Å². The fourth-order valence-electron chi connectivity index (χ4n) is 1.52. The van der Waals surface area contributed by atoms with Crippen LogP contribution in [0.1, 0.15) is 13.8 Å². The summed E-state index contributed by atoms with van der Waals surface area (Å²) >= 11 is 0. The third kappa shape index (κ3) is 2.97. The van der Waals surface area contributed by atoms with Crippen LogP contribution in [-0.2, 0) is 19.1 Å². The molecule has 0 heterocycles. The fraction of sp³-hybridized carbons (Fsp3) is 0.308. The summed E-state index contributed by atoms with van der Waals surface area (Å²) in [5.74, 6) is -4.38. The minimum atomic E-state index is -2.13. The Bertz CT molecular complexity index is 513. The van der Waals surface area contributed by atoms with E-state index in [1.807, 2.05) is 0 Å². The number of carbonyl (C=O) groups excluding carboxylic acids is 2. The molecule has 1 aliphatic carbocycles. The average molecular weight is 266 g/mol. The molecule has 0 saturated heterocycles. The van der Waals surface area contributed by atoms with Gasteiger partial charge in [0, 0.05) is 5.57 Å². The number of allylic oxidation sites excluding steroid dienone is 1. The molecule has 0 saturated carbocycles. The van der Waals surface area contributed by atoms with Crippen molar-refractivity contribution in [3.05, 3.63) is 36.1 Å². The van der Waals surface area contributed by atoms with E-state index in [4.69, 9.17) is 9.84 Å². The molecular formula is C13H14O6. The van der Waals surface area contributed by atoms with Crippen molar-refractivity contribution in [1.82, 2.24) is 0 Å². The quantitative estimate of drug-likeness (QED) is 0.570. The van der Waals surface area contributed by atoms with Gasteiger partial charge in [-0.2, -0.15) is 0 Å². The molecule has 2 atom stereocenters. The number of hydrogen-bond acceptors (Lipinski definition) is 5. The van der Waals surface area contributed by atoms with Gasteiger partial charge in [0.2, 0.25) is 0 Å². The highest BCUT2D eigenvalue weighted by Crippen LogP contribution is 2.29. The van der Waals surface area contributed by atoms with Gasteiger partial charge < -0.3 is 14.9 Å². The van der Waals surface area contributed by atoms with Crippen LogP contribution in [0.25, 0.3) is 0 Å². The monoisotopic (exact) mass is 266 g/mol. The minimum absolute atomic E-state index is 0.0497. The maximum Gasteiger partial charge on any atom is 0.338 e. The normalized spacial score (nSPS) is 25.4. The van der Waals surface area contributed by atoms with Crippen molar-refractivity contribution in [2.24, 2.45) is 5.92 Å². The van der Waals surface area contributed by atoms with Gasteiger partial charge in [0.1, 0.15) is 11.7 Å². The van der Waals surface area contributed by atoms with Crippen LogP contribution in [0.2, 0.25) is 0 Å². The van der Waals surface area contributed by atoms with Crippen molar-refractivity contribution in [1.29, 1.82) is 0 Å². The van der Waals surface area contributed by atoms with Crippen molar-refractivity contribution in [3.8, 4) is 0 Å². The summed E-state index contributed by atoms with van der Waals surface area (Å²) in [7, 11) is 0. The number of ether oxygens (including phenoxy) is 1. The third-order valence-corrected chi connectivity index (χ3v) is 2.70. The number of ketones is 1. The number of aliphatic carboxylic acids is 1. The zero-order valence-electron chi connectivity index (χ0n) is 10.5. The third-order valence-electron chi connectivity index (χ3n) is 2.70. The summed E-state index contributed by atoms with van der Waals surface area (Å²) in [4.78, 5) is 33.8. The van der Waals surface area contributed by atoms with E-state index >= 15 is 0 Å². The standard InChI is InChI=1S/C13H14O6/c1-7(2)12(17)19-9-4-5-13(18,8(3)14)10(6-9)11(15)16/h4-6,10,18H,1H2,2-3H3,(H,15,16). The summed E-state index contributed by atoms with van der Waals surface area (Å²) in [5.41, 5.74) is -1.99. The van der Waals surface area contributed by atoms with Crippen molar-refractivity contribution >= 4 is 17.7 Å². The van der Waals surface area contributed by atoms with Gasteiger partial charge in [0.05, 0.1) is 0 Å². The zero-order chi connectivity index (χ0) is 14.8. The van der Waals surface area contributed by atoms with Crippen molar-refractivity contribution in [3.63, 3.8) is 0 Å². The van der Waals surface area contributed by atoms with Crippen molar-refractivity contribution in [2.75, 3.05) is 0 Å². The summed E-state index contributed by atoms with van der Waals surface area (Å²) in [6.07, 6.45) is 3.21. The van der Waals surface area contributed by atoms with E-state index in [1.54, 1.807) is 0 Å². The molecular weight excluding hydrogens is 252 g/mol. The Labute approximate surface area is 109 Å². The molecule has 0 amide bonds. The predicted molar refractivity (Wildman–Crippen MR) is 64.9 cm³/mol. The molecule has 0 aromatic rings. The highest BCUT2D eigenvalue weighted by Gasteiger charge is 2.44. The molecule has 102 valence electrons. The van der Waals surface area contributed by atoms with E-state index in [9.17, 15) is 19.5 Å². The number of carboxylic acid groups (broad SMARTS) is 1. The number of aliphatic hydroxyl groups is 1. The van der Waals surface area contributed by atoms with Gasteiger partial charge in [-0.3, -0.25) is 9.59 Å². The fourth-order valence-corrected chi connectivity index (χ4v) is 1.52. The van der Waals surface area contributed by atoms with Gasteiger partial charge in [0.15, 0.2) is 11.4 Å². The van der Waals surface area contributed by atoms with Gasteiger partial charge in [-0.05, 0) is 32.1 Å². The Balaban J connectivity index is 3.06. The highest BCUT2D eigenvalue weighted by molar-refractivity contribution is 5.94. The van der Waals surface area contributed by atoms with Crippen LogP contribution >= 0.6 is 0 Å². The molecule has 1 rings (SSSR count). The minimum Gasteiger partial charge on any atom is -0.481 e. The molecule has 0 aromatic heterocycles. The van der Waals surface area contributed by atoms with Crippen LogP contribution in [0.15, 0.2) is 36.1 Å². The first-order chi connectivity index (χ1) is 8.68. The van der Waals surface area contributed by atoms with E-state index in [1.165, 1.54) is 13.0 Å². The lowest BCUT2D eigenvalue weighted by atomic mass is 9.80. The molecule has 2 unspecified atom stereocenters. The number of carboxylic acids is 1. The van der Waals surface area contributed by atoms with Crippen molar-refractivity contribution in [2.45, 2.75) is 19.4 Å². The van der Waals surface area contributed by atoms with Crippen LogP contribution in [0, 0.1) is 5.92 Å². The molecule has 0 aliphatic heterocycles. The maximum absolute atomic E-state index is 11.4. The molecule has 2 N–H and O–H groups in total. The van der Waals surface area contributed by atoms with Gasteiger partial charge >= 0.3 is 11.9 Å². The average Bonchev–Trinajstić information content (AvgIpc) is 2.30. The van der Waals surface area contributed by atoms with E-state index in [0.29, 0.717) is 0 Å². The first-order valence-corrected chi connectivity index (χ1v) is 5.43. The lowest BCUT2D eigenvalue weighted by Gasteiger charge is -2.29. The Morgan fingerprint density at radius 3 is 2.37 bits per heavy atom. The summed E-state index contributed by atoms with van der Waals surface area (Å²) in [6, 6.07) is 0. The van der Waals surface area contributed by atoms with E-state index in [0.717, 1.165) is 19.1 Å². The second-order valence-electron chi connectivity index (χ2n) is 4.27. The zero-order valence-corrected chi connectivity index (χ0v) is 10.5. The Morgan fingerprint density at radius 1 is 1.37 bits per heavy atom. The second kappa shape index (κ2) is 5.19. The smallest absolute Gasteiger partial charge is 0.338 e. The van der Waals surface area contributed by atoms with E-state index < -0.39 is 29.2 Å². The molecule has 0 spiro atoms. The Kier molecular flexibility index (Phi) is 4.06. The molecule has 0 bridgehead atoms. The Hall–Kier alpha value is -2.21. The molecule has 6 heteroatoms. The second-order valence-corrected chi connectivity index (χ2v) is 4.27. The molecule has 0 fully saturated rings. The first-order valence-electron chi connectivity index (χ1n) is 5.43. The number of rotatable bonds is 4. The summed E-state index contributed by atoms with van der Waals surface area (Å²) < 4.78 is 4.86. The van der Waals surface area contributed by atoms with Gasteiger partial charge in [-0.25, -0.2) is 4.79 Å². The molecule has 0 aromatic carbocycles. The molecule has 0 radical (unpaired) electrons. The molecule has 6 nitrogen and oxygen atoms in total. The lowest BCUT2D eigenvalue weighted by molar-refractivity contribution is -0.153. The number of hydrogen-bond donors (Lipinski definition) is 2. The highest BCUT2D eigenvalue weighted by atomic mass is 16.5. The molecule has 19 heavy (non-hydrogen) atoms. The largest absolute Gasteiger partial charge is 0.481 e. The van der Waals surface area contributed by atoms with Gasteiger partial charge in [0.25, 0.3) is 0 Å². The predicted octanol–water partition coefficient (Wildman–Crippen LogP) is 0.580. The number of carbonyl (C=O) groups is 3. The van der Waals surface area contributed by atoms with E-state index in [2.05, 4.69) is 6.58 Å². The summed E-state index contributed by atoms with van der Waals surface area (Å²) in [5, 5.41) is 19.1. The van der Waals surface area contributed by atoms with Crippen LogP contribution in [-0.4, -0.2) is 33.5 Å². The number of esters is 1. The number of Topliss-reactive ketones (excluding diaryl/α,β-unsaturated/α-hetero) is 1. The van der Waals surface area contributed by atoms with Gasteiger partial charge in [-0.1, -0.05) is 6.58 Å². The van der Waals surface area contributed by atoms with Crippen LogP contribution in [0.5, 0.6) is 0 Å². The van der Waals surface area contributed by atoms with Crippen LogP contribution in [0.3, 0.4) is 0 Å². The molecule has 1 aliphatic rings.